The first-order chi connectivity index (χ1) is 7.99. The molecule has 1 unspecified atom stereocenters. The van der Waals surface area contributed by atoms with Crippen LogP contribution in [0.5, 0.6) is 0 Å². The van der Waals surface area contributed by atoms with Gasteiger partial charge in [-0.1, -0.05) is 37.6 Å². The van der Waals surface area contributed by atoms with Gasteiger partial charge in [-0.15, -0.1) is 0 Å². The number of urea groups is 1. The van der Waals surface area contributed by atoms with E-state index in [1.54, 1.807) is 0 Å². The third-order valence-corrected chi connectivity index (χ3v) is 2.60. The van der Waals surface area contributed by atoms with Crippen LogP contribution in [0.15, 0.2) is 24.3 Å². The van der Waals surface area contributed by atoms with Gasteiger partial charge < -0.3 is 10.6 Å². The first-order valence-corrected chi connectivity index (χ1v) is 6.16. The number of hydrogen-bond acceptors (Lipinski definition) is 1. The summed E-state index contributed by atoms with van der Waals surface area (Å²) in [5, 5.41) is 6.36. The topological polar surface area (TPSA) is 41.1 Å². The van der Waals surface area contributed by atoms with Crippen LogP contribution in [0, 0.1) is 5.92 Å². The summed E-state index contributed by atoms with van der Waals surface area (Å²) in [5.74, 6) is 0.447. The van der Waals surface area contributed by atoms with Crippen LogP contribution in [-0.4, -0.2) is 12.6 Å². The maximum absolute atomic E-state index is 11.6. The number of nitrogens with one attached hydrogen (secondary N) is 2. The number of rotatable bonds is 4. The molecule has 0 aliphatic heterocycles. The van der Waals surface area contributed by atoms with E-state index in [9.17, 15) is 4.79 Å². The normalized spacial score (nSPS) is 12.3. The van der Waals surface area contributed by atoms with Crippen LogP contribution in [0.3, 0.4) is 0 Å². The lowest BCUT2D eigenvalue weighted by Gasteiger charge is -2.16. The first-order valence-electron chi connectivity index (χ1n) is 5.79. The van der Waals surface area contributed by atoms with E-state index < -0.39 is 0 Å². The second-order valence-corrected chi connectivity index (χ2v) is 4.96. The summed E-state index contributed by atoms with van der Waals surface area (Å²) < 4.78 is 0. The van der Waals surface area contributed by atoms with E-state index in [1.807, 2.05) is 31.2 Å². The van der Waals surface area contributed by atoms with Gasteiger partial charge in [-0.05, 0) is 30.5 Å². The number of benzene rings is 1. The molecule has 0 fully saturated rings. The Hall–Kier alpha value is -1.22. The smallest absolute Gasteiger partial charge is 0.315 e. The molecule has 1 atom stereocenters. The predicted octanol–water partition coefficient (Wildman–Crippen LogP) is 3.36. The largest absolute Gasteiger partial charge is 0.338 e. The second-order valence-electron chi connectivity index (χ2n) is 4.52. The molecule has 1 aromatic carbocycles. The Morgan fingerprint density at radius 3 is 2.65 bits per heavy atom. The number of carbonyl (C=O) groups excluding carboxylic acids is 1. The van der Waals surface area contributed by atoms with Crippen LogP contribution in [-0.2, 0) is 0 Å². The van der Waals surface area contributed by atoms with Gasteiger partial charge in [0.2, 0.25) is 0 Å². The van der Waals surface area contributed by atoms with E-state index in [-0.39, 0.29) is 12.1 Å². The van der Waals surface area contributed by atoms with Gasteiger partial charge in [-0.25, -0.2) is 4.79 Å². The van der Waals surface area contributed by atoms with E-state index in [2.05, 4.69) is 24.5 Å². The summed E-state index contributed by atoms with van der Waals surface area (Å²) in [6.07, 6.45) is 0. The van der Waals surface area contributed by atoms with Gasteiger partial charge in [-0.2, -0.15) is 0 Å². The van der Waals surface area contributed by atoms with Crippen LogP contribution < -0.4 is 10.6 Å². The number of halogens is 1. The fourth-order valence-electron chi connectivity index (χ4n) is 1.40. The van der Waals surface area contributed by atoms with Crippen LogP contribution in [0.1, 0.15) is 32.4 Å². The molecular weight excluding hydrogens is 236 g/mol. The zero-order chi connectivity index (χ0) is 12.8. The van der Waals surface area contributed by atoms with Crippen molar-refractivity contribution in [1.82, 2.24) is 10.6 Å². The molecule has 0 saturated carbocycles. The molecule has 1 aromatic rings. The fourth-order valence-corrected chi connectivity index (χ4v) is 1.60. The second kappa shape index (κ2) is 6.50. The van der Waals surface area contributed by atoms with E-state index in [4.69, 9.17) is 11.6 Å². The van der Waals surface area contributed by atoms with Crippen molar-refractivity contribution in [3.05, 3.63) is 34.9 Å². The van der Waals surface area contributed by atoms with E-state index in [0.29, 0.717) is 17.5 Å². The van der Waals surface area contributed by atoms with Gasteiger partial charge in [0.05, 0.1) is 6.04 Å². The lowest BCUT2D eigenvalue weighted by molar-refractivity contribution is 0.236. The minimum absolute atomic E-state index is 0.0548. The van der Waals surface area contributed by atoms with Crippen molar-refractivity contribution in [2.75, 3.05) is 6.54 Å². The minimum Gasteiger partial charge on any atom is -0.338 e. The van der Waals surface area contributed by atoms with Crippen molar-refractivity contribution in [2.24, 2.45) is 5.92 Å². The van der Waals surface area contributed by atoms with E-state index in [0.717, 1.165) is 5.56 Å². The fraction of sp³-hybridized carbons (Fsp3) is 0.462. The summed E-state index contributed by atoms with van der Waals surface area (Å²) in [6, 6.07) is 7.29. The Kier molecular flexibility index (Phi) is 5.29. The average molecular weight is 255 g/mol. The molecule has 0 aromatic heterocycles. The highest BCUT2D eigenvalue weighted by atomic mass is 35.5. The van der Waals surface area contributed by atoms with Gasteiger partial charge in [0.15, 0.2) is 0 Å². The van der Waals surface area contributed by atoms with Crippen molar-refractivity contribution in [3.63, 3.8) is 0 Å². The summed E-state index contributed by atoms with van der Waals surface area (Å²) >= 11 is 5.90. The molecule has 17 heavy (non-hydrogen) atoms. The highest BCUT2D eigenvalue weighted by molar-refractivity contribution is 6.30. The number of hydrogen-bond donors (Lipinski definition) is 2. The van der Waals surface area contributed by atoms with Crippen LogP contribution in [0.25, 0.3) is 0 Å². The Bertz CT molecular complexity index is 379. The molecular formula is C13H19ClN2O. The van der Waals surface area contributed by atoms with Crippen molar-refractivity contribution < 1.29 is 4.79 Å². The van der Waals surface area contributed by atoms with E-state index >= 15 is 0 Å². The summed E-state index contributed by atoms with van der Waals surface area (Å²) in [6.45, 7) is 6.72. The number of carbonyl (C=O) groups is 1. The van der Waals surface area contributed by atoms with Crippen LogP contribution >= 0.6 is 11.6 Å². The highest BCUT2D eigenvalue weighted by Crippen LogP contribution is 2.16. The minimum atomic E-state index is -0.147. The third kappa shape index (κ3) is 5.09. The lowest BCUT2D eigenvalue weighted by Crippen LogP contribution is -2.38. The van der Waals surface area contributed by atoms with E-state index in [1.165, 1.54) is 0 Å². The molecule has 4 heteroatoms. The summed E-state index contributed by atoms with van der Waals surface area (Å²) in [7, 11) is 0. The molecule has 0 heterocycles. The molecule has 2 amide bonds. The monoisotopic (exact) mass is 254 g/mol. The molecule has 1 rings (SSSR count). The van der Waals surface area contributed by atoms with Crippen molar-refractivity contribution in [3.8, 4) is 0 Å². The molecule has 0 bridgehead atoms. The van der Waals surface area contributed by atoms with Crippen molar-refractivity contribution in [2.45, 2.75) is 26.8 Å². The van der Waals surface area contributed by atoms with Crippen molar-refractivity contribution in [1.29, 1.82) is 0 Å². The lowest BCUT2D eigenvalue weighted by atomic mass is 10.1. The van der Waals surface area contributed by atoms with Gasteiger partial charge in [0.1, 0.15) is 0 Å². The summed E-state index contributed by atoms with van der Waals surface area (Å²) in [4.78, 5) is 11.6. The molecule has 3 nitrogen and oxygen atoms in total. The van der Waals surface area contributed by atoms with Gasteiger partial charge in [-0.3, -0.25) is 0 Å². The maximum atomic E-state index is 11.6. The molecule has 0 aliphatic carbocycles. The Labute approximate surface area is 108 Å². The first kappa shape index (κ1) is 13.8. The standard InChI is InChI=1S/C13H19ClN2O/c1-9(2)8-15-13(17)16-10(3)11-5-4-6-12(14)7-11/h4-7,9-10H,8H2,1-3H3,(H2,15,16,17). The molecule has 0 radical (unpaired) electrons. The van der Waals surface area contributed by atoms with Gasteiger partial charge in [0.25, 0.3) is 0 Å². The molecule has 0 aliphatic rings. The zero-order valence-corrected chi connectivity index (χ0v) is 11.2. The maximum Gasteiger partial charge on any atom is 0.315 e. The molecule has 0 saturated heterocycles. The SMILES string of the molecule is CC(C)CNC(=O)NC(C)c1cccc(Cl)c1. The van der Waals surface area contributed by atoms with Gasteiger partial charge in [0, 0.05) is 11.6 Å². The van der Waals surface area contributed by atoms with Gasteiger partial charge >= 0.3 is 6.03 Å². The molecule has 2 N–H and O–H groups in total. The molecule has 0 spiro atoms. The van der Waals surface area contributed by atoms with Crippen LogP contribution in [0.4, 0.5) is 4.79 Å². The van der Waals surface area contributed by atoms with Crippen molar-refractivity contribution >= 4 is 17.6 Å². The Morgan fingerprint density at radius 1 is 1.35 bits per heavy atom. The number of amides is 2. The Morgan fingerprint density at radius 2 is 2.06 bits per heavy atom. The molecule has 94 valence electrons. The third-order valence-electron chi connectivity index (χ3n) is 2.37. The summed E-state index contributed by atoms with van der Waals surface area (Å²) in [5.41, 5.74) is 0.997. The Balaban J connectivity index is 2.48. The quantitative estimate of drug-likeness (QED) is 0.850. The zero-order valence-electron chi connectivity index (χ0n) is 10.5. The average Bonchev–Trinajstić information content (AvgIpc) is 2.26. The predicted molar refractivity (Wildman–Crippen MR) is 71.2 cm³/mol. The van der Waals surface area contributed by atoms with Crippen LogP contribution in [0.2, 0.25) is 5.02 Å². The highest BCUT2D eigenvalue weighted by Gasteiger charge is 2.09.